The molecule has 0 saturated carbocycles. The van der Waals surface area contributed by atoms with Gasteiger partial charge in [-0.3, -0.25) is 9.59 Å². The van der Waals surface area contributed by atoms with Crippen LogP contribution in [0, 0.1) is 0 Å². The number of aromatic amines is 1. The van der Waals surface area contributed by atoms with Gasteiger partial charge in [-0.05, 0) is 42.0 Å². The van der Waals surface area contributed by atoms with E-state index >= 15 is 0 Å². The van der Waals surface area contributed by atoms with Crippen molar-refractivity contribution in [2.24, 2.45) is 0 Å². The SMILES string of the molecule is O=C(Cc1cc(=O)[nH]c(SCc2ccccc2)n1)Nc1ccc(Oc2ccccc2)cc1. The van der Waals surface area contributed by atoms with E-state index in [4.69, 9.17) is 4.74 Å². The highest BCUT2D eigenvalue weighted by Crippen LogP contribution is 2.23. The lowest BCUT2D eigenvalue weighted by Gasteiger charge is -2.08. The van der Waals surface area contributed by atoms with E-state index < -0.39 is 0 Å². The molecule has 1 amide bonds. The summed E-state index contributed by atoms with van der Waals surface area (Å²) in [5.41, 5.74) is 1.91. The summed E-state index contributed by atoms with van der Waals surface area (Å²) in [6.07, 6.45) is 0.00504. The molecule has 3 aromatic carbocycles. The van der Waals surface area contributed by atoms with Crippen molar-refractivity contribution in [2.45, 2.75) is 17.3 Å². The molecular formula is C25H21N3O3S. The van der Waals surface area contributed by atoms with Gasteiger partial charge in [0.2, 0.25) is 5.91 Å². The van der Waals surface area contributed by atoms with Crippen LogP contribution in [-0.2, 0) is 17.0 Å². The minimum Gasteiger partial charge on any atom is -0.457 e. The predicted molar refractivity (Wildman–Crippen MR) is 126 cm³/mol. The smallest absolute Gasteiger partial charge is 0.251 e. The summed E-state index contributed by atoms with van der Waals surface area (Å²) < 4.78 is 5.75. The van der Waals surface area contributed by atoms with E-state index in [1.165, 1.54) is 17.8 Å². The first-order chi connectivity index (χ1) is 15.6. The molecule has 4 aromatic rings. The number of benzene rings is 3. The molecule has 160 valence electrons. The number of anilines is 1. The predicted octanol–water partition coefficient (Wildman–Crippen LogP) is 5.04. The summed E-state index contributed by atoms with van der Waals surface area (Å²) in [4.78, 5) is 31.6. The Morgan fingerprint density at radius 3 is 2.28 bits per heavy atom. The molecule has 0 atom stereocenters. The maximum atomic E-state index is 12.5. The molecule has 2 N–H and O–H groups in total. The van der Waals surface area contributed by atoms with Crippen LogP contribution >= 0.6 is 11.8 Å². The Morgan fingerprint density at radius 1 is 0.906 bits per heavy atom. The molecule has 1 aromatic heterocycles. The molecule has 0 radical (unpaired) electrons. The maximum Gasteiger partial charge on any atom is 0.251 e. The number of aromatic nitrogens is 2. The van der Waals surface area contributed by atoms with E-state index in [1.54, 1.807) is 24.3 Å². The van der Waals surface area contributed by atoms with E-state index in [0.717, 1.165) is 11.3 Å². The molecule has 0 aliphatic carbocycles. The fourth-order valence-corrected chi connectivity index (χ4v) is 3.82. The topological polar surface area (TPSA) is 84.1 Å². The van der Waals surface area contributed by atoms with Crippen LogP contribution in [0.2, 0.25) is 0 Å². The third-order valence-corrected chi connectivity index (χ3v) is 5.39. The summed E-state index contributed by atoms with van der Waals surface area (Å²) in [5.74, 6) is 1.84. The van der Waals surface area contributed by atoms with E-state index in [2.05, 4.69) is 15.3 Å². The van der Waals surface area contributed by atoms with E-state index in [0.29, 0.717) is 28.0 Å². The number of thioether (sulfide) groups is 1. The van der Waals surface area contributed by atoms with Gasteiger partial charge >= 0.3 is 0 Å². The Hall–Kier alpha value is -3.84. The number of para-hydroxylation sites is 1. The highest BCUT2D eigenvalue weighted by atomic mass is 32.2. The third kappa shape index (κ3) is 6.33. The number of nitrogens with zero attached hydrogens (tertiary/aromatic N) is 1. The number of hydrogen-bond donors (Lipinski definition) is 2. The van der Waals surface area contributed by atoms with Crippen molar-refractivity contribution < 1.29 is 9.53 Å². The zero-order valence-corrected chi connectivity index (χ0v) is 18.0. The molecule has 1 heterocycles. The van der Waals surface area contributed by atoms with Crippen molar-refractivity contribution in [3.05, 3.63) is 113 Å². The molecular weight excluding hydrogens is 422 g/mol. The lowest BCUT2D eigenvalue weighted by atomic mass is 10.2. The average molecular weight is 444 g/mol. The number of rotatable bonds is 8. The minimum absolute atomic E-state index is 0.00504. The Morgan fingerprint density at radius 2 is 1.56 bits per heavy atom. The quantitative estimate of drug-likeness (QED) is 0.295. The summed E-state index contributed by atoms with van der Waals surface area (Å²) in [5, 5.41) is 3.32. The van der Waals surface area contributed by atoms with Gasteiger partial charge in [0.1, 0.15) is 11.5 Å². The summed E-state index contributed by atoms with van der Waals surface area (Å²) >= 11 is 1.42. The maximum absolute atomic E-state index is 12.5. The fourth-order valence-electron chi connectivity index (χ4n) is 2.97. The van der Waals surface area contributed by atoms with Gasteiger partial charge in [0.25, 0.3) is 5.56 Å². The first kappa shape index (κ1) is 21.4. The molecule has 7 heteroatoms. The summed E-state index contributed by atoms with van der Waals surface area (Å²) in [6, 6.07) is 27.8. The van der Waals surface area contributed by atoms with Gasteiger partial charge in [-0.15, -0.1) is 0 Å². The monoisotopic (exact) mass is 443 g/mol. The second-order valence-electron chi connectivity index (χ2n) is 6.98. The van der Waals surface area contributed by atoms with Crippen molar-refractivity contribution in [3.63, 3.8) is 0 Å². The Balaban J connectivity index is 1.34. The van der Waals surface area contributed by atoms with Gasteiger partial charge in [-0.2, -0.15) is 0 Å². The van der Waals surface area contributed by atoms with Crippen LogP contribution in [0.15, 0.2) is 101 Å². The largest absolute Gasteiger partial charge is 0.457 e. The van der Waals surface area contributed by atoms with Crippen molar-refractivity contribution in [2.75, 3.05) is 5.32 Å². The number of carbonyl (C=O) groups is 1. The van der Waals surface area contributed by atoms with Crippen LogP contribution < -0.4 is 15.6 Å². The summed E-state index contributed by atoms with van der Waals surface area (Å²) in [6.45, 7) is 0. The molecule has 0 saturated heterocycles. The van der Waals surface area contributed by atoms with Crippen molar-refractivity contribution in [1.82, 2.24) is 9.97 Å². The normalized spacial score (nSPS) is 10.5. The van der Waals surface area contributed by atoms with Gasteiger partial charge in [-0.1, -0.05) is 60.3 Å². The Labute approximate surface area is 189 Å². The molecule has 4 rings (SSSR count). The van der Waals surface area contributed by atoms with Gasteiger partial charge in [0.15, 0.2) is 5.16 Å². The molecule has 0 fully saturated rings. The van der Waals surface area contributed by atoms with E-state index in [1.807, 2.05) is 60.7 Å². The Kier molecular flexibility index (Phi) is 6.99. The van der Waals surface area contributed by atoms with Crippen LogP contribution in [0.5, 0.6) is 11.5 Å². The number of hydrogen-bond acceptors (Lipinski definition) is 5. The number of carbonyl (C=O) groups excluding carboxylic acids is 1. The Bertz CT molecular complexity index is 1230. The molecule has 0 bridgehead atoms. The number of nitrogens with one attached hydrogen (secondary N) is 2. The van der Waals surface area contributed by atoms with Crippen LogP contribution in [-0.4, -0.2) is 15.9 Å². The second-order valence-corrected chi connectivity index (χ2v) is 7.94. The zero-order valence-electron chi connectivity index (χ0n) is 17.2. The summed E-state index contributed by atoms with van der Waals surface area (Å²) in [7, 11) is 0. The molecule has 0 spiro atoms. The third-order valence-electron chi connectivity index (χ3n) is 4.45. The number of amides is 1. The number of H-pyrrole nitrogens is 1. The average Bonchev–Trinajstić information content (AvgIpc) is 2.80. The van der Waals surface area contributed by atoms with Gasteiger partial charge in [-0.25, -0.2) is 4.98 Å². The highest BCUT2D eigenvalue weighted by molar-refractivity contribution is 7.98. The van der Waals surface area contributed by atoms with Gasteiger partial charge in [0, 0.05) is 17.5 Å². The lowest BCUT2D eigenvalue weighted by Crippen LogP contribution is -2.18. The van der Waals surface area contributed by atoms with E-state index in [-0.39, 0.29) is 17.9 Å². The zero-order chi connectivity index (χ0) is 22.2. The number of ether oxygens (including phenoxy) is 1. The van der Waals surface area contributed by atoms with Crippen LogP contribution in [0.4, 0.5) is 5.69 Å². The molecule has 32 heavy (non-hydrogen) atoms. The van der Waals surface area contributed by atoms with Crippen molar-refractivity contribution in [3.8, 4) is 11.5 Å². The molecule has 0 unspecified atom stereocenters. The van der Waals surface area contributed by atoms with Crippen molar-refractivity contribution >= 4 is 23.4 Å². The fraction of sp³-hybridized carbons (Fsp3) is 0.0800. The van der Waals surface area contributed by atoms with Crippen LogP contribution in [0.3, 0.4) is 0 Å². The molecule has 0 aliphatic rings. The lowest BCUT2D eigenvalue weighted by molar-refractivity contribution is -0.115. The molecule has 6 nitrogen and oxygen atoms in total. The highest BCUT2D eigenvalue weighted by Gasteiger charge is 2.09. The first-order valence-electron chi connectivity index (χ1n) is 10.0. The standard InChI is InChI=1S/C25H21N3O3S/c29-23(26-19-11-13-22(14-12-19)31-21-9-5-2-6-10-21)15-20-16-24(30)28-25(27-20)32-17-18-7-3-1-4-8-18/h1-14,16H,15,17H2,(H,26,29)(H,27,28,30). The first-order valence-corrected chi connectivity index (χ1v) is 11.0. The van der Waals surface area contributed by atoms with E-state index in [9.17, 15) is 9.59 Å². The second kappa shape index (κ2) is 10.5. The van der Waals surface area contributed by atoms with Gasteiger partial charge < -0.3 is 15.0 Å². The van der Waals surface area contributed by atoms with Gasteiger partial charge in [0.05, 0.1) is 12.1 Å². The molecule has 0 aliphatic heterocycles. The minimum atomic E-state index is -0.277. The van der Waals surface area contributed by atoms with Crippen LogP contribution in [0.1, 0.15) is 11.3 Å². The van der Waals surface area contributed by atoms with Crippen molar-refractivity contribution in [1.29, 1.82) is 0 Å². The van der Waals surface area contributed by atoms with Crippen LogP contribution in [0.25, 0.3) is 0 Å².